The molecule has 0 radical (unpaired) electrons. The van der Waals surface area contributed by atoms with Gasteiger partial charge in [0.2, 0.25) is 5.78 Å². The van der Waals surface area contributed by atoms with Crippen molar-refractivity contribution in [1.82, 2.24) is 24.3 Å². The zero-order valence-electron chi connectivity index (χ0n) is 18.8. The maximum absolute atomic E-state index is 13.2. The van der Waals surface area contributed by atoms with Gasteiger partial charge in [0.1, 0.15) is 0 Å². The van der Waals surface area contributed by atoms with Crippen molar-refractivity contribution in [2.24, 2.45) is 7.05 Å². The molecule has 0 spiro atoms. The molecule has 164 valence electrons. The lowest BCUT2D eigenvalue weighted by Gasteiger charge is -2.12. The van der Waals surface area contributed by atoms with Gasteiger partial charge < -0.3 is 9.88 Å². The van der Waals surface area contributed by atoms with Gasteiger partial charge in [-0.15, -0.1) is 0 Å². The number of nitrogens with one attached hydrogen (secondary N) is 1. The number of carbonyl (C=O) groups excluding carboxylic acids is 2. The third kappa shape index (κ3) is 3.91. The second kappa shape index (κ2) is 8.37. The van der Waals surface area contributed by atoms with Crippen LogP contribution < -0.4 is 5.32 Å². The number of anilines is 1. The molecule has 1 N–H and O–H groups in total. The standard InChI is InChI=1S/C24H26N6O2/c1-14(2)20-12-18(19-13-26-30(15(3)4)22(19)28-20)24(32)27-17-8-6-16(7-9-17)21(31)23-25-10-11-29(23)5/h6-15H,1-5H3,(H,27,32). The molecule has 0 bridgehead atoms. The van der Waals surface area contributed by atoms with Crippen molar-refractivity contribution in [3.8, 4) is 0 Å². The number of rotatable bonds is 6. The fourth-order valence-electron chi connectivity index (χ4n) is 3.52. The largest absolute Gasteiger partial charge is 0.331 e. The maximum atomic E-state index is 13.2. The van der Waals surface area contributed by atoms with Gasteiger partial charge in [0, 0.05) is 42.4 Å². The Balaban J connectivity index is 1.63. The van der Waals surface area contributed by atoms with Crippen molar-refractivity contribution in [3.05, 3.63) is 71.6 Å². The Hall–Kier alpha value is -3.81. The van der Waals surface area contributed by atoms with Gasteiger partial charge in [-0.25, -0.2) is 14.6 Å². The number of nitrogens with zero attached hydrogens (tertiary/aromatic N) is 5. The summed E-state index contributed by atoms with van der Waals surface area (Å²) in [6, 6.07) is 8.76. The summed E-state index contributed by atoms with van der Waals surface area (Å²) < 4.78 is 3.51. The number of carbonyl (C=O) groups is 2. The van der Waals surface area contributed by atoms with Crippen LogP contribution in [0.25, 0.3) is 11.0 Å². The van der Waals surface area contributed by atoms with E-state index in [1.807, 2.05) is 38.4 Å². The van der Waals surface area contributed by atoms with Crippen LogP contribution in [0.2, 0.25) is 0 Å². The molecule has 8 heteroatoms. The van der Waals surface area contributed by atoms with E-state index in [-0.39, 0.29) is 23.7 Å². The van der Waals surface area contributed by atoms with E-state index in [0.717, 1.165) is 5.69 Å². The van der Waals surface area contributed by atoms with Crippen molar-refractivity contribution in [2.75, 3.05) is 5.32 Å². The van der Waals surface area contributed by atoms with Crippen LogP contribution >= 0.6 is 0 Å². The van der Waals surface area contributed by atoms with Crippen LogP contribution in [0.3, 0.4) is 0 Å². The Labute approximate surface area is 186 Å². The number of benzene rings is 1. The Kier molecular flexibility index (Phi) is 5.61. The van der Waals surface area contributed by atoms with Crippen LogP contribution in [0.15, 0.2) is 48.9 Å². The highest BCUT2D eigenvalue weighted by Gasteiger charge is 2.19. The van der Waals surface area contributed by atoms with Gasteiger partial charge in [-0.2, -0.15) is 5.10 Å². The predicted molar refractivity (Wildman–Crippen MR) is 123 cm³/mol. The molecule has 8 nitrogen and oxygen atoms in total. The normalized spacial score (nSPS) is 11.5. The van der Waals surface area contributed by atoms with Gasteiger partial charge in [0.25, 0.3) is 5.91 Å². The number of amides is 1. The van der Waals surface area contributed by atoms with Crippen LogP contribution in [-0.4, -0.2) is 36.0 Å². The third-order valence-electron chi connectivity index (χ3n) is 5.34. The summed E-state index contributed by atoms with van der Waals surface area (Å²) in [4.78, 5) is 34.6. The van der Waals surface area contributed by atoms with Crippen molar-refractivity contribution in [3.63, 3.8) is 0 Å². The Morgan fingerprint density at radius 3 is 2.38 bits per heavy atom. The predicted octanol–water partition coefficient (Wildman–Crippen LogP) is 4.35. The zero-order chi connectivity index (χ0) is 23.0. The van der Waals surface area contributed by atoms with Crippen LogP contribution in [0.4, 0.5) is 5.69 Å². The summed E-state index contributed by atoms with van der Waals surface area (Å²) in [6.45, 7) is 8.15. The smallest absolute Gasteiger partial charge is 0.256 e. The van der Waals surface area contributed by atoms with E-state index in [1.165, 1.54) is 0 Å². The van der Waals surface area contributed by atoms with Gasteiger partial charge in [0.15, 0.2) is 11.5 Å². The number of hydrogen-bond donors (Lipinski definition) is 1. The van der Waals surface area contributed by atoms with Crippen LogP contribution in [0, 0.1) is 0 Å². The van der Waals surface area contributed by atoms with Crippen LogP contribution in [0.5, 0.6) is 0 Å². The first-order valence-electron chi connectivity index (χ1n) is 10.6. The summed E-state index contributed by atoms with van der Waals surface area (Å²) in [5, 5.41) is 8.08. The minimum absolute atomic E-state index is 0.127. The molecule has 0 aliphatic heterocycles. The molecule has 4 aromatic rings. The minimum atomic E-state index is -0.245. The van der Waals surface area contributed by atoms with Gasteiger partial charge >= 0.3 is 0 Å². The lowest BCUT2D eigenvalue weighted by molar-refractivity contribution is 0.102. The first-order valence-corrected chi connectivity index (χ1v) is 10.6. The molecule has 0 saturated heterocycles. The first-order chi connectivity index (χ1) is 15.3. The quantitative estimate of drug-likeness (QED) is 0.459. The molecule has 1 aromatic carbocycles. The van der Waals surface area contributed by atoms with E-state index < -0.39 is 0 Å². The van der Waals surface area contributed by atoms with E-state index in [0.29, 0.717) is 33.7 Å². The van der Waals surface area contributed by atoms with E-state index in [4.69, 9.17) is 4.98 Å². The van der Waals surface area contributed by atoms with E-state index in [1.54, 1.807) is 54.5 Å². The second-order valence-electron chi connectivity index (χ2n) is 8.39. The fourth-order valence-corrected chi connectivity index (χ4v) is 3.52. The number of ketones is 1. The first kappa shape index (κ1) is 21.4. The monoisotopic (exact) mass is 430 g/mol. The lowest BCUT2D eigenvalue weighted by atomic mass is 10.0. The highest BCUT2D eigenvalue weighted by molar-refractivity contribution is 6.12. The van der Waals surface area contributed by atoms with Gasteiger partial charge in [-0.3, -0.25) is 9.59 Å². The summed E-state index contributed by atoms with van der Waals surface area (Å²) in [5.41, 5.74) is 3.16. The Morgan fingerprint density at radius 2 is 1.78 bits per heavy atom. The number of aryl methyl sites for hydroxylation is 1. The number of pyridine rings is 1. The van der Waals surface area contributed by atoms with Gasteiger partial charge in [-0.1, -0.05) is 13.8 Å². The van der Waals surface area contributed by atoms with Gasteiger partial charge in [-0.05, 0) is 50.1 Å². The van der Waals surface area contributed by atoms with E-state index in [9.17, 15) is 9.59 Å². The number of fused-ring (bicyclic) bond motifs is 1. The highest BCUT2D eigenvalue weighted by atomic mass is 16.1. The average Bonchev–Trinajstić information content (AvgIpc) is 3.39. The van der Waals surface area contributed by atoms with E-state index >= 15 is 0 Å². The van der Waals surface area contributed by atoms with Crippen molar-refractivity contribution in [2.45, 2.75) is 39.7 Å². The fraction of sp³-hybridized carbons (Fsp3) is 0.292. The van der Waals surface area contributed by atoms with Crippen molar-refractivity contribution < 1.29 is 9.59 Å². The molecule has 32 heavy (non-hydrogen) atoms. The molecule has 3 heterocycles. The molecule has 0 fully saturated rings. The summed E-state index contributed by atoms with van der Waals surface area (Å²) in [5.74, 6) is 0.113. The Bertz CT molecular complexity index is 1300. The molecule has 0 saturated carbocycles. The SMILES string of the molecule is CC(C)c1cc(C(=O)Nc2ccc(C(=O)c3nccn3C)cc2)c2cnn(C(C)C)c2n1. The van der Waals surface area contributed by atoms with E-state index in [2.05, 4.69) is 15.4 Å². The van der Waals surface area contributed by atoms with Crippen LogP contribution in [-0.2, 0) is 7.05 Å². The molecule has 0 atom stereocenters. The molecular formula is C24H26N6O2. The van der Waals surface area contributed by atoms with Crippen molar-refractivity contribution in [1.29, 1.82) is 0 Å². The van der Waals surface area contributed by atoms with Crippen molar-refractivity contribution >= 4 is 28.4 Å². The third-order valence-corrected chi connectivity index (χ3v) is 5.34. The Morgan fingerprint density at radius 1 is 1.06 bits per heavy atom. The summed E-state index contributed by atoms with van der Waals surface area (Å²) in [6.07, 6.45) is 5.00. The van der Waals surface area contributed by atoms with Gasteiger partial charge in [0.05, 0.1) is 17.1 Å². The molecule has 3 aromatic heterocycles. The summed E-state index contributed by atoms with van der Waals surface area (Å²) >= 11 is 0. The molecule has 4 rings (SSSR count). The summed E-state index contributed by atoms with van der Waals surface area (Å²) in [7, 11) is 1.77. The second-order valence-corrected chi connectivity index (χ2v) is 8.39. The molecule has 0 aliphatic rings. The number of hydrogen-bond acceptors (Lipinski definition) is 5. The molecule has 0 unspecified atom stereocenters. The number of imidazole rings is 1. The average molecular weight is 431 g/mol. The highest BCUT2D eigenvalue weighted by Crippen LogP contribution is 2.25. The topological polar surface area (TPSA) is 94.7 Å². The maximum Gasteiger partial charge on any atom is 0.256 e. The molecule has 1 amide bonds. The lowest BCUT2D eigenvalue weighted by Crippen LogP contribution is -2.14. The molecular weight excluding hydrogens is 404 g/mol. The number of aromatic nitrogens is 5. The van der Waals surface area contributed by atoms with Crippen LogP contribution in [0.1, 0.15) is 71.9 Å². The minimum Gasteiger partial charge on any atom is -0.331 e. The molecule has 0 aliphatic carbocycles. The zero-order valence-corrected chi connectivity index (χ0v) is 18.8.